The predicted molar refractivity (Wildman–Crippen MR) is 72.9 cm³/mol. The fourth-order valence-electron chi connectivity index (χ4n) is 2.14. The van der Waals surface area contributed by atoms with Crippen LogP contribution in [0.1, 0.15) is 12.8 Å². The number of anilines is 1. The van der Waals surface area contributed by atoms with E-state index in [-0.39, 0.29) is 5.92 Å². The third kappa shape index (κ3) is 3.28. The Balaban J connectivity index is 2.22. The summed E-state index contributed by atoms with van der Waals surface area (Å²) in [7, 11) is 1.56. The molecular weight excluding hydrogens is 266 g/mol. The molecule has 7 heteroatoms. The second kappa shape index (κ2) is 6.10. The molecule has 1 N–H and O–H groups in total. The molecule has 0 bridgehead atoms. The molecule has 2 rings (SSSR count). The maximum Gasteiger partial charge on any atom is 0.308 e. The van der Waals surface area contributed by atoms with E-state index in [1.165, 1.54) is 11.8 Å². The second-order valence-corrected chi connectivity index (χ2v) is 5.15. The molecular formula is C12H17N3O3S. The highest BCUT2D eigenvalue weighted by Gasteiger charge is 2.26. The van der Waals surface area contributed by atoms with Gasteiger partial charge in [-0.25, -0.2) is 4.98 Å². The van der Waals surface area contributed by atoms with Gasteiger partial charge in [-0.15, -0.1) is 0 Å². The Bertz CT molecular complexity index is 447. The Morgan fingerprint density at radius 1 is 1.58 bits per heavy atom. The Labute approximate surface area is 116 Å². The predicted octanol–water partition coefficient (Wildman–Crippen LogP) is 1.51. The number of ether oxygens (including phenoxy) is 1. The summed E-state index contributed by atoms with van der Waals surface area (Å²) in [5.74, 6) is 0.178. The molecule has 0 aromatic carbocycles. The van der Waals surface area contributed by atoms with Crippen LogP contribution in [0.5, 0.6) is 5.88 Å². The summed E-state index contributed by atoms with van der Waals surface area (Å²) in [6, 6.07) is 1.75. The number of aliphatic carboxylic acids is 1. The van der Waals surface area contributed by atoms with Crippen molar-refractivity contribution in [1.82, 2.24) is 9.97 Å². The highest BCUT2D eigenvalue weighted by Crippen LogP contribution is 2.26. The first-order valence-electron chi connectivity index (χ1n) is 6.09. The number of rotatable bonds is 4. The van der Waals surface area contributed by atoms with Gasteiger partial charge in [0.2, 0.25) is 5.88 Å². The lowest BCUT2D eigenvalue weighted by Gasteiger charge is -2.31. The van der Waals surface area contributed by atoms with Gasteiger partial charge in [0.25, 0.3) is 0 Å². The number of piperidine rings is 1. The summed E-state index contributed by atoms with van der Waals surface area (Å²) in [6.07, 6.45) is 3.48. The minimum Gasteiger partial charge on any atom is -0.481 e. The number of hydrogen-bond donors (Lipinski definition) is 1. The molecule has 104 valence electrons. The van der Waals surface area contributed by atoms with E-state index >= 15 is 0 Å². The average molecular weight is 283 g/mol. The van der Waals surface area contributed by atoms with Crippen LogP contribution in [0.2, 0.25) is 0 Å². The lowest BCUT2D eigenvalue weighted by molar-refractivity contribution is -0.141. The molecule has 0 aliphatic carbocycles. The first kappa shape index (κ1) is 13.9. The summed E-state index contributed by atoms with van der Waals surface area (Å²) in [5, 5.41) is 9.75. The highest BCUT2D eigenvalue weighted by atomic mass is 32.2. The Kier molecular flexibility index (Phi) is 4.47. The summed E-state index contributed by atoms with van der Waals surface area (Å²) in [4.78, 5) is 21.7. The van der Waals surface area contributed by atoms with Gasteiger partial charge in [-0.2, -0.15) is 4.98 Å². The van der Waals surface area contributed by atoms with Crippen molar-refractivity contribution < 1.29 is 14.6 Å². The number of thioether (sulfide) groups is 1. The number of carboxylic acid groups (broad SMARTS) is 1. The van der Waals surface area contributed by atoms with Crippen LogP contribution in [0.25, 0.3) is 0 Å². The van der Waals surface area contributed by atoms with Crippen molar-refractivity contribution in [3.8, 4) is 5.88 Å². The lowest BCUT2D eigenvalue weighted by atomic mass is 9.98. The molecule has 2 heterocycles. The van der Waals surface area contributed by atoms with E-state index in [4.69, 9.17) is 9.84 Å². The van der Waals surface area contributed by atoms with Gasteiger partial charge in [0, 0.05) is 19.2 Å². The molecule has 1 saturated heterocycles. The van der Waals surface area contributed by atoms with Crippen LogP contribution in [-0.4, -0.2) is 47.5 Å². The van der Waals surface area contributed by atoms with E-state index in [0.29, 0.717) is 17.6 Å². The molecule has 0 unspecified atom stereocenters. The van der Waals surface area contributed by atoms with E-state index in [2.05, 4.69) is 9.97 Å². The minimum atomic E-state index is -0.740. The van der Waals surface area contributed by atoms with Crippen LogP contribution >= 0.6 is 11.8 Å². The fraction of sp³-hybridized carbons (Fsp3) is 0.583. The number of aromatic nitrogens is 2. The van der Waals surface area contributed by atoms with Crippen molar-refractivity contribution in [1.29, 1.82) is 0 Å². The van der Waals surface area contributed by atoms with Crippen molar-refractivity contribution >= 4 is 23.5 Å². The van der Waals surface area contributed by atoms with Crippen molar-refractivity contribution in [3.63, 3.8) is 0 Å². The van der Waals surface area contributed by atoms with E-state index in [0.717, 1.165) is 25.2 Å². The van der Waals surface area contributed by atoms with Gasteiger partial charge in [0.1, 0.15) is 5.82 Å². The Hall–Kier alpha value is -1.50. The topological polar surface area (TPSA) is 75.5 Å². The molecule has 6 nitrogen and oxygen atoms in total. The molecule has 0 saturated carbocycles. The van der Waals surface area contributed by atoms with Crippen LogP contribution in [0, 0.1) is 5.92 Å². The van der Waals surface area contributed by atoms with Crippen LogP contribution in [0.15, 0.2) is 11.2 Å². The number of carbonyl (C=O) groups is 1. The van der Waals surface area contributed by atoms with E-state index in [9.17, 15) is 4.79 Å². The molecule has 0 amide bonds. The van der Waals surface area contributed by atoms with Gasteiger partial charge >= 0.3 is 5.97 Å². The molecule has 19 heavy (non-hydrogen) atoms. The minimum absolute atomic E-state index is 0.326. The summed E-state index contributed by atoms with van der Waals surface area (Å²) >= 11 is 1.44. The van der Waals surface area contributed by atoms with Gasteiger partial charge < -0.3 is 14.7 Å². The highest BCUT2D eigenvalue weighted by molar-refractivity contribution is 7.98. The van der Waals surface area contributed by atoms with Gasteiger partial charge in [0.15, 0.2) is 5.16 Å². The van der Waals surface area contributed by atoms with E-state index < -0.39 is 5.97 Å². The van der Waals surface area contributed by atoms with Crippen molar-refractivity contribution in [2.24, 2.45) is 5.92 Å². The molecule has 1 aliphatic heterocycles. The zero-order chi connectivity index (χ0) is 13.8. The first-order valence-corrected chi connectivity index (χ1v) is 7.31. The summed E-state index contributed by atoms with van der Waals surface area (Å²) in [5.41, 5.74) is 0. The van der Waals surface area contributed by atoms with Crippen molar-refractivity contribution in [3.05, 3.63) is 6.07 Å². The zero-order valence-electron chi connectivity index (χ0n) is 11.0. The largest absolute Gasteiger partial charge is 0.481 e. The maximum absolute atomic E-state index is 11.1. The average Bonchev–Trinajstić information content (AvgIpc) is 2.46. The molecule has 1 aromatic heterocycles. The molecule has 1 aromatic rings. The first-order chi connectivity index (χ1) is 9.13. The van der Waals surface area contributed by atoms with Gasteiger partial charge in [-0.3, -0.25) is 4.79 Å². The number of methoxy groups -OCH3 is 1. The molecule has 0 radical (unpaired) electrons. The van der Waals surface area contributed by atoms with Crippen LogP contribution in [0.4, 0.5) is 5.82 Å². The quantitative estimate of drug-likeness (QED) is 0.663. The summed E-state index contributed by atoms with van der Waals surface area (Å²) < 4.78 is 5.16. The third-order valence-corrected chi connectivity index (χ3v) is 3.70. The van der Waals surface area contributed by atoms with Gasteiger partial charge in [-0.05, 0) is 19.1 Å². The monoisotopic (exact) mass is 283 g/mol. The SMILES string of the molecule is COc1cc(N2CCC[C@@H](C(=O)O)C2)nc(SC)n1. The zero-order valence-corrected chi connectivity index (χ0v) is 11.8. The number of nitrogens with zero attached hydrogens (tertiary/aromatic N) is 3. The molecule has 1 fully saturated rings. The van der Waals surface area contributed by atoms with Crippen LogP contribution in [-0.2, 0) is 4.79 Å². The van der Waals surface area contributed by atoms with Crippen molar-refractivity contribution in [2.75, 3.05) is 31.4 Å². The summed E-state index contributed by atoms with van der Waals surface area (Å²) in [6.45, 7) is 1.31. The number of carboxylic acids is 1. The second-order valence-electron chi connectivity index (χ2n) is 4.38. The maximum atomic E-state index is 11.1. The fourth-order valence-corrected chi connectivity index (χ4v) is 2.50. The Morgan fingerprint density at radius 2 is 2.37 bits per heavy atom. The van der Waals surface area contributed by atoms with Crippen LogP contribution < -0.4 is 9.64 Å². The van der Waals surface area contributed by atoms with Crippen molar-refractivity contribution in [2.45, 2.75) is 18.0 Å². The van der Waals surface area contributed by atoms with E-state index in [1.54, 1.807) is 13.2 Å². The van der Waals surface area contributed by atoms with Crippen LogP contribution in [0.3, 0.4) is 0 Å². The normalized spacial score (nSPS) is 19.3. The Morgan fingerprint density at radius 3 is 3.00 bits per heavy atom. The lowest BCUT2D eigenvalue weighted by Crippen LogP contribution is -2.39. The van der Waals surface area contributed by atoms with E-state index in [1.807, 2.05) is 11.2 Å². The molecule has 0 spiro atoms. The standard InChI is InChI=1S/C12H17N3O3S/c1-18-10-6-9(13-12(14-10)19-2)15-5-3-4-8(7-15)11(16)17/h6,8H,3-5,7H2,1-2H3,(H,16,17)/t8-/m1/s1. The van der Waals surface area contributed by atoms with Gasteiger partial charge in [-0.1, -0.05) is 11.8 Å². The van der Waals surface area contributed by atoms with Gasteiger partial charge in [0.05, 0.1) is 13.0 Å². The third-order valence-electron chi connectivity index (χ3n) is 3.15. The molecule has 1 aliphatic rings. The smallest absolute Gasteiger partial charge is 0.308 e. The molecule has 1 atom stereocenters. The number of hydrogen-bond acceptors (Lipinski definition) is 6.